The second-order valence-corrected chi connectivity index (χ2v) is 3.81. The molecule has 0 aliphatic rings. The van der Waals surface area contributed by atoms with E-state index in [0.717, 1.165) is 0 Å². The highest BCUT2D eigenvalue weighted by atomic mass is 16.1. The number of amides is 1. The number of carbonyl (C=O) groups excluding carboxylic acids is 1. The summed E-state index contributed by atoms with van der Waals surface area (Å²) in [7, 11) is 0. The van der Waals surface area contributed by atoms with E-state index in [1.807, 2.05) is 6.07 Å². The Morgan fingerprint density at radius 1 is 1.39 bits per heavy atom. The lowest BCUT2D eigenvalue weighted by molar-refractivity contribution is -0.116. The Kier molecular flexibility index (Phi) is 3.30. The highest BCUT2D eigenvalue weighted by Gasteiger charge is 2.06. The number of anilines is 2. The second kappa shape index (κ2) is 5.06. The fourth-order valence-electron chi connectivity index (χ4n) is 1.63. The Morgan fingerprint density at radius 2 is 2.22 bits per heavy atom. The highest BCUT2D eigenvalue weighted by molar-refractivity contribution is 5.91. The lowest BCUT2D eigenvalue weighted by Gasteiger charge is -2.07. The van der Waals surface area contributed by atoms with Crippen molar-refractivity contribution in [3.05, 3.63) is 48.3 Å². The number of carbonyl (C=O) groups is 1. The molecule has 1 aromatic heterocycles. The number of rotatable bonds is 3. The summed E-state index contributed by atoms with van der Waals surface area (Å²) in [6.45, 7) is 0.102. The Labute approximate surface area is 104 Å². The van der Waals surface area contributed by atoms with Crippen molar-refractivity contribution in [1.29, 1.82) is 5.26 Å². The van der Waals surface area contributed by atoms with Gasteiger partial charge in [-0.25, -0.2) is 0 Å². The van der Waals surface area contributed by atoms with Crippen LogP contribution in [-0.2, 0) is 11.3 Å². The van der Waals surface area contributed by atoms with E-state index in [4.69, 9.17) is 11.0 Å². The van der Waals surface area contributed by atoms with Crippen LogP contribution in [0.25, 0.3) is 0 Å². The van der Waals surface area contributed by atoms with Crippen molar-refractivity contribution in [3.8, 4) is 6.07 Å². The van der Waals surface area contributed by atoms with Crippen molar-refractivity contribution in [2.24, 2.45) is 0 Å². The average Bonchev–Trinajstić information content (AvgIpc) is 2.76. The molecule has 0 unspecified atom stereocenters. The molecule has 1 aromatic carbocycles. The maximum absolute atomic E-state index is 11.8. The van der Waals surface area contributed by atoms with Gasteiger partial charge in [0.2, 0.25) is 5.91 Å². The van der Waals surface area contributed by atoms with Crippen LogP contribution in [0.15, 0.2) is 42.6 Å². The van der Waals surface area contributed by atoms with Gasteiger partial charge in [0.25, 0.3) is 0 Å². The smallest absolute Gasteiger partial charge is 0.244 e. The number of nitrogens with two attached hydrogens (primary N) is 1. The fraction of sp³-hybridized carbons (Fsp3) is 0.0769. The third-order valence-corrected chi connectivity index (χ3v) is 2.43. The third-order valence-electron chi connectivity index (χ3n) is 2.43. The van der Waals surface area contributed by atoms with E-state index < -0.39 is 0 Å². The predicted molar refractivity (Wildman–Crippen MR) is 68.6 cm³/mol. The van der Waals surface area contributed by atoms with Crippen molar-refractivity contribution >= 4 is 17.3 Å². The zero-order valence-electron chi connectivity index (χ0n) is 9.63. The van der Waals surface area contributed by atoms with Gasteiger partial charge in [-0.3, -0.25) is 4.79 Å². The summed E-state index contributed by atoms with van der Waals surface area (Å²) in [6, 6.07) is 12.4. The molecule has 0 radical (unpaired) electrons. The zero-order chi connectivity index (χ0) is 13.0. The minimum absolute atomic E-state index is 0.102. The van der Waals surface area contributed by atoms with Crippen molar-refractivity contribution in [1.82, 2.24) is 4.57 Å². The van der Waals surface area contributed by atoms with E-state index in [1.165, 1.54) is 0 Å². The lowest BCUT2D eigenvalue weighted by atomic mass is 10.3. The molecule has 0 atom stereocenters. The fourth-order valence-corrected chi connectivity index (χ4v) is 1.63. The first-order valence-electron chi connectivity index (χ1n) is 5.39. The summed E-state index contributed by atoms with van der Waals surface area (Å²) >= 11 is 0. The van der Waals surface area contributed by atoms with Crippen molar-refractivity contribution in [2.45, 2.75) is 6.54 Å². The molecule has 90 valence electrons. The molecule has 0 aliphatic carbocycles. The Morgan fingerprint density at radius 3 is 2.94 bits per heavy atom. The molecule has 0 aliphatic heterocycles. The topological polar surface area (TPSA) is 83.8 Å². The standard InChI is InChI=1S/C13H12N4O/c14-8-12-5-2-6-17(12)9-13(18)16-11-4-1-3-10(15)7-11/h1-7H,9,15H2,(H,16,18). The molecule has 1 amide bonds. The minimum atomic E-state index is -0.201. The van der Waals surface area contributed by atoms with Gasteiger partial charge in [-0.15, -0.1) is 0 Å². The number of hydrogen-bond acceptors (Lipinski definition) is 3. The van der Waals surface area contributed by atoms with Gasteiger partial charge in [0.15, 0.2) is 0 Å². The Hall–Kier alpha value is -2.74. The van der Waals surface area contributed by atoms with Gasteiger partial charge in [0.05, 0.1) is 0 Å². The SMILES string of the molecule is N#Cc1cccn1CC(=O)Nc1cccc(N)c1. The van der Waals surface area contributed by atoms with E-state index in [0.29, 0.717) is 17.1 Å². The zero-order valence-corrected chi connectivity index (χ0v) is 9.63. The van der Waals surface area contributed by atoms with Gasteiger partial charge >= 0.3 is 0 Å². The van der Waals surface area contributed by atoms with Crippen LogP contribution in [0, 0.1) is 11.3 Å². The molecule has 0 saturated heterocycles. The number of benzene rings is 1. The first kappa shape index (κ1) is 11.7. The maximum atomic E-state index is 11.8. The largest absolute Gasteiger partial charge is 0.399 e. The summed E-state index contributed by atoms with van der Waals surface area (Å²) in [4.78, 5) is 11.8. The molecule has 18 heavy (non-hydrogen) atoms. The quantitative estimate of drug-likeness (QED) is 0.799. The number of nitrogens with one attached hydrogen (secondary N) is 1. The predicted octanol–water partition coefficient (Wildman–Crippen LogP) is 1.58. The van der Waals surface area contributed by atoms with Crippen molar-refractivity contribution < 1.29 is 4.79 Å². The van der Waals surface area contributed by atoms with Crippen LogP contribution in [0.2, 0.25) is 0 Å². The van der Waals surface area contributed by atoms with Gasteiger partial charge in [-0.1, -0.05) is 6.07 Å². The number of nitrogens with zero attached hydrogens (tertiary/aromatic N) is 2. The summed E-state index contributed by atoms with van der Waals surface area (Å²) in [6.07, 6.45) is 1.69. The van der Waals surface area contributed by atoms with E-state index >= 15 is 0 Å². The minimum Gasteiger partial charge on any atom is -0.399 e. The number of aromatic nitrogens is 1. The molecule has 0 saturated carbocycles. The molecule has 1 heterocycles. The van der Waals surface area contributed by atoms with Crippen LogP contribution in [0.4, 0.5) is 11.4 Å². The number of nitrogen functional groups attached to an aromatic ring is 1. The Balaban J connectivity index is 2.04. The molecule has 2 rings (SSSR count). The first-order valence-corrected chi connectivity index (χ1v) is 5.39. The van der Waals surface area contributed by atoms with E-state index in [2.05, 4.69) is 5.32 Å². The molecular weight excluding hydrogens is 228 g/mol. The maximum Gasteiger partial charge on any atom is 0.244 e. The highest BCUT2D eigenvalue weighted by Crippen LogP contribution is 2.12. The Bertz CT molecular complexity index is 609. The van der Waals surface area contributed by atoms with Gasteiger partial charge in [-0.2, -0.15) is 5.26 Å². The molecule has 2 aromatic rings. The molecule has 0 spiro atoms. The normalized spacial score (nSPS) is 9.72. The molecule has 5 nitrogen and oxygen atoms in total. The molecule has 3 N–H and O–H groups in total. The molecular formula is C13H12N4O. The first-order chi connectivity index (χ1) is 8.69. The third kappa shape index (κ3) is 2.68. The van der Waals surface area contributed by atoms with Crippen LogP contribution >= 0.6 is 0 Å². The van der Waals surface area contributed by atoms with E-state index in [9.17, 15) is 4.79 Å². The van der Waals surface area contributed by atoms with Gasteiger partial charge < -0.3 is 15.6 Å². The monoisotopic (exact) mass is 240 g/mol. The second-order valence-electron chi connectivity index (χ2n) is 3.81. The van der Waals surface area contributed by atoms with Gasteiger partial charge in [0, 0.05) is 17.6 Å². The van der Waals surface area contributed by atoms with Gasteiger partial charge in [-0.05, 0) is 30.3 Å². The molecule has 5 heteroatoms. The summed E-state index contributed by atoms with van der Waals surface area (Å²) < 4.78 is 1.58. The lowest BCUT2D eigenvalue weighted by Crippen LogP contribution is -2.19. The molecule has 0 bridgehead atoms. The average molecular weight is 240 g/mol. The van der Waals surface area contributed by atoms with Crippen LogP contribution in [0.1, 0.15) is 5.69 Å². The number of hydrogen-bond donors (Lipinski definition) is 2. The number of nitriles is 1. The van der Waals surface area contributed by atoms with Crippen molar-refractivity contribution in [2.75, 3.05) is 11.1 Å². The van der Waals surface area contributed by atoms with Crippen LogP contribution in [-0.4, -0.2) is 10.5 Å². The van der Waals surface area contributed by atoms with E-state index in [1.54, 1.807) is 47.2 Å². The summed E-state index contributed by atoms with van der Waals surface area (Å²) in [5.74, 6) is -0.201. The summed E-state index contributed by atoms with van der Waals surface area (Å²) in [5.41, 5.74) is 7.31. The van der Waals surface area contributed by atoms with E-state index in [-0.39, 0.29) is 12.5 Å². The van der Waals surface area contributed by atoms with Crippen LogP contribution < -0.4 is 11.1 Å². The van der Waals surface area contributed by atoms with Crippen molar-refractivity contribution in [3.63, 3.8) is 0 Å². The van der Waals surface area contributed by atoms with Crippen LogP contribution in [0.5, 0.6) is 0 Å². The van der Waals surface area contributed by atoms with Gasteiger partial charge in [0.1, 0.15) is 18.3 Å². The molecule has 0 fully saturated rings. The summed E-state index contributed by atoms with van der Waals surface area (Å²) in [5, 5.41) is 11.6. The van der Waals surface area contributed by atoms with Crippen LogP contribution in [0.3, 0.4) is 0 Å².